The Kier molecular flexibility index (Phi) is 2.86. The van der Waals surface area contributed by atoms with Gasteiger partial charge in [-0.1, -0.05) is 18.2 Å². The van der Waals surface area contributed by atoms with Crippen molar-refractivity contribution in [3.8, 4) is 0 Å². The van der Waals surface area contributed by atoms with Crippen LogP contribution in [0.3, 0.4) is 0 Å². The minimum absolute atomic E-state index is 0.117. The highest BCUT2D eigenvalue weighted by Gasteiger charge is 2.02. The molecule has 0 bridgehead atoms. The van der Waals surface area contributed by atoms with Crippen LogP contribution in [0.2, 0.25) is 0 Å². The number of hydrogen-bond donors (Lipinski definition) is 3. The molecule has 6 heteroatoms. The van der Waals surface area contributed by atoms with Crippen molar-refractivity contribution in [1.82, 2.24) is 4.72 Å². The van der Waals surface area contributed by atoms with Crippen molar-refractivity contribution >= 4 is 15.9 Å². The summed E-state index contributed by atoms with van der Waals surface area (Å²) in [5.74, 6) is 0. The molecule has 0 saturated carbocycles. The highest BCUT2D eigenvalue weighted by atomic mass is 32.2. The summed E-state index contributed by atoms with van der Waals surface area (Å²) in [7, 11) is -3.64. The number of benzene rings is 1. The summed E-state index contributed by atoms with van der Waals surface area (Å²) in [5, 5.41) is 4.75. The molecule has 0 atom stereocenters. The monoisotopic (exact) mass is 201 g/mol. The van der Waals surface area contributed by atoms with E-state index in [0.29, 0.717) is 11.3 Å². The van der Waals surface area contributed by atoms with E-state index in [0.717, 1.165) is 0 Å². The minimum Gasteiger partial charge on any atom is -0.398 e. The molecular weight excluding hydrogens is 190 g/mol. The lowest BCUT2D eigenvalue weighted by Crippen LogP contribution is -2.30. The Labute approximate surface area is 76.9 Å². The van der Waals surface area contributed by atoms with Gasteiger partial charge in [-0.25, -0.2) is 5.14 Å². The summed E-state index contributed by atoms with van der Waals surface area (Å²) in [5.41, 5.74) is 6.82. The molecule has 5 nitrogen and oxygen atoms in total. The molecule has 0 spiro atoms. The average molecular weight is 201 g/mol. The molecular formula is C7H11N3O2S. The van der Waals surface area contributed by atoms with Crippen LogP contribution < -0.4 is 15.6 Å². The molecule has 0 heterocycles. The average Bonchev–Trinajstić information content (AvgIpc) is 2.01. The van der Waals surface area contributed by atoms with Gasteiger partial charge >= 0.3 is 0 Å². The topological polar surface area (TPSA) is 98.2 Å². The van der Waals surface area contributed by atoms with Crippen molar-refractivity contribution in [3.63, 3.8) is 0 Å². The van der Waals surface area contributed by atoms with Crippen LogP contribution in [0.5, 0.6) is 0 Å². The van der Waals surface area contributed by atoms with Gasteiger partial charge in [0.25, 0.3) is 10.2 Å². The zero-order valence-electron chi connectivity index (χ0n) is 6.90. The van der Waals surface area contributed by atoms with E-state index in [4.69, 9.17) is 10.9 Å². The first-order valence-electron chi connectivity index (χ1n) is 3.60. The van der Waals surface area contributed by atoms with E-state index in [1.54, 1.807) is 24.3 Å². The molecule has 0 fully saturated rings. The van der Waals surface area contributed by atoms with Crippen LogP contribution in [0.1, 0.15) is 5.56 Å². The third-order valence-electron chi connectivity index (χ3n) is 1.52. The maximum absolute atomic E-state index is 10.5. The van der Waals surface area contributed by atoms with Gasteiger partial charge in [-0.2, -0.15) is 13.1 Å². The Bertz CT molecular complexity index is 388. The van der Waals surface area contributed by atoms with Gasteiger partial charge in [0, 0.05) is 12.2 Å². The predicted molar refractivity (Wildman–Crippen MR) is 50.8 cm³/mol. The number of para-hydroxylation sites is 1. The van der Waals surface area contributed by atoms with Crippen molar-refractivity contribution in [1.29, 1.82) is 0 Å². The molecule has 1 rings (SSSR count). The quantitative estimate of drug-likeness (QED) is 0.578. The fourth-order valence-corrected chi connectivity index (χ4v) is 1.23. The lowest BCUT2D eigenvalue weighted by atomic mass is 10.2. The Morgan fingerprint density at radius 2 is 1.92 bits per heavy atom. The molecule has 0 aliphatic heterocycles. The minimum atomic E-state index is -3.64. The van der Waals surface area contributed by atoms with Crippen LogP contribution in [0, 0.1) is 0 Å². The van der Waals surface area contributed by atoms with Crippen LogP contribution in [-0.2, 0) is 16.8 Å². The summed E-state index contributed by atoms with van der Waals surface area (Å²) < 4.78 is 23.2. The third-order valence-corrected chi connectivity index (χ3v) is 2.07. The van der Waals surface area contributed by atoms with E-state index >= 15 is 0 Å². The molecule has 0 unspecified atom stereocenters. The number of anilines is 1. The van der Waals surface area contributed by atoms with E-state index in [2.05, 4.69) is 4.72 Å². The number of nitrogens with two attached hydrogens (primary N) is 2. The van der Waals surface area contributed by atoms with Gasteiger partial charge in [-0.15, -0.1) is 0 Å². The standard InChI is InChI=1S/C7H11N3O2S/c8-7-4-2-1-3-6(7)5-10-13(9,11)12/h1-4,10H,5,8H2,(H2,9,11,12). The van der Waals surface area contributed by atoms with E-state index in [9.17, 15) is 8.42 Å². The van der Waals surface area contributed by atoms with Crippen molar-refractivity contribution in [2.45, 2.75) is 6.54 Å². The van der Waals surface area contributed by atoms with Gasteiger partial charge in [0.05, 0.1) is 0 Å². The fraction of sp³-hybridized carbons (Fsp3) is 0.143. The molecule has 0 amide bonds. The zero-order valence-corrected chi connectivity index (χ0v) is 7.71. The van der Waals surface area contributed by atoms with Gasteiger partial charge in [0.15, 0.2) is 0 Å². The molecule has 1 aromatic carbocycles. The van der Waals surface area contributed by atoms with Gasteiger partial charge < -0.3 is 5.73 Å². The van der Waals surface area contributed by atoms with Gasteiger partial charge in [-0.05, 0) is 11.6 Å². The van der Waals surface area contributed by atoms with E-state index in [1.165, 1.54) is 0 Å². The Balaban J connectivity index is 2.71. The van der Waals surface area contributed by atoms with E-state index in [1.807, 2.05) is 0 Å². The van der Waals surface area contributed by atoms with Crippen LogP contribution >= 0.6 is 0 Å². The van der Waals surface area contributed by atoms with Gasteiger partial charge in [0.1, 0.15) is 0 Å². The highest BCUT2D eigenvalue weighted by molar-refractivity contribution is 7.87. The Morgan fingerprint density at radius 3 is 2.46 bits per heavy atom. The van der Waals surface area contributed by atoms with Gasteiger partial charge in [0.2, 0.25) is 0 Å². The van der Waals surface area contributed by atoms with Crippen LogP contribution in [0.4, 0.5) is 5.69 Å². The normalized spacial score (nSPS) is 11.5. The SMILES string of the molecule is Nc1ccccc1CNS(N)(=O)=O. The summed E-state index contributed by atoms with van der Waals surface area (Å²) >= 11 is 0. The molecule has 72 valence electrons. The molecule has 5 N–H and O–H groups in total. The predicted octanol–water partition coefficient (Wildman–Crippen LogP) is -0.438. The Morgan fingerprint density at radius 1 is 1.31 bits per heavy atom. The van der Waals surface area contributed by atoms with Gasteiger partial charge in [-0.3, -0.25) is 0 Å². The summed E-state index contributed by atoms with van der Waals surface area (Å²) in [6.07, 6.45) is 0. The second-order valence-electron chi connectivity index (χ2n) is 2.56. The molecule has 0 aliphatic rings. The number of hydrogen-bond acceptors (Lipinski definition) is 3. The molecule has 13 heavy (non-hydrogen) atoms. The first kappa shape index (κ1) is 9.97. The maximum atomic E-state index is 10.5. The largest absolute Gasteiger partial charge is 0.398 e. The van der Waals surface area contributed by atoms with Crippen molar-refractivity contribution in [3.05, 3.63) is 29.8 Å². The lowest BCUT2D eigenvalue weighted by molar-refractivity contribution is 0.583. The maximum Gasteiger partial charge on any atom is 0.274 e. The summed E-state index contributed by atoms with van der Waals surface area (Å²) in [4.78, 5) is 0. The molecule has 0 radical (unpaired) electrons. The number of nitrogens with one attached hydrogen (secondary N) is 1. The first-order chi connectivity index (χ1) is 5.99. The Hall–Kier alpha value is -1.11. The first-order valence-corrected chi connectivity index (χ1v) is 5.14. The van der Waals surface area contributed by atoms with Crippen LogP contribution in [-0.4, -0.2) is 8.42 Å². The van der Waals surface area contributed by atoms with Crippen LogP contribution in [0.15, 0.2) is 24.3 Å². The molecule has 0 aromatic heterocycles. The summed E-state index contributed by atoms with van der Waals surface area (Å²) in [6.45, 7) is 0.117. The highest BCUT2D eigenvalue weighted by Crippen LogP contribution is 2.09. The number of rotatable bonds is 3. The second-order valence-corrected chi connectivity index (χ2v) is 3.94. The second kappa shape index (κ2) is 3.73. The fourth-order valence-electron chi connectivity index (χ4n) is 0.874. The summed E-state index contributed by atoms with van der Waals surface area (Å²) in [6, 6.07) is 6.97. The van der Waals surface area contributed by atoms with E-state index in [-0.39, 0.29) is 6.54 Å². The van der Waals surface area contributed by atoms with Crippen LogP contribution in [0.25, 0.3) is 0 Å². The van der Waals surface area contributed by atoms with Crippen molar-refractivity contribution < 1.29 is 8.42 Å². The number of nitrogen functional groups attached to an aromatic ring is 1. The van der Waals surface area contributed by atoms with E-state index < -0.39 is 10.2 Å². The van der Waals surface area contributed by atoms with Crippen molar-refractivity contribution in [2.75, 3.05) is 5.73 Å². The lowest BCUT2D eigenvalue weighted by Gasteiger charge is -2.04. The molecule has 0 aliphatic carbocycles. The smallest absolute Gasteiger partial charge is 0.274 e. The molecule has 1 aromatic rings. The van der Waals surface area contributed by atoms with Crippen molar-refractivity contribution in [2.24, 2.45) is 5.14 Å². The zero-order chi connectivity index (χ0) is 9.90. The third kappa shape index (κ3) is 3.41. The molecule has 0 saturated heterocycles.